The molecule has 5 nitrogen and oxygen atoms in total. The van der Waals surface area contributed by atoms with Crippen LogP contribution in [-0.2, 0) is 0 Å². The highest BCUT2D eigenvalue weighted by molar-refractivity contribution is 7.15. The third kappa shape index (κ3) is 3.45. The number of nitrogens with zero attached hydrogens (tertiary/aromatic N) is 3. The molecule has 1 saturated heterocycles. The van der Waals surface area contributed by atoms with Crippen molar-refractivity contribution >= 4 is 22.4 Å². The van der Waals surface area contributed by atoms with Gasteiger partial charge in [0.2, 0.25) is 0 Å². The van der Waals surface area contributed by atoms with Gasteiger partial charge >= 0.3 is 5.97 Å². The average molecular weight is 283 g/mol. The molecule has 0 atom stereocenters. The van der Waals surface area contributed by atoms with Crippen molar-refractivity contribution in [1.82, 2.24) is 9.88 Å². The van der Waals surface area contributed by atoms with Gasteiger partial charge in [-0.05, 0) is 45.8 Å². The van der Waals surface area contributed by atoms with Gasteiger partial charge in [0.1, 0.15) is 0 Å². The third-order valence-corrected chi connectivity index (χ3v) is 4.77. The van der Waals surface area contributed by atoms with E-state index in [0.29, 0.717) is 5.92 Å². The number of hydrogen-bond donors (Lipinski definition) is 1. The fourth-order valence-electron chi connectivity index (χ4n) is 2.45. The van der Waals surface area contributed by atoms with Gasteiger partial charge in [-0.1, -0.05) is 0 Å². The molecule has 6 heteroatoms. The Morgan fingerprint density at radius 1 is 1.53 bits per heavy atom. The van der Waals surface area contributed by atoms with Gasteiger partial charge in [-0.25, -0.2) is 9.78 Å². The first-order valence-corrected chi connectivity index (χ1v) is 7.39. The van der Waals surface area contributed by atoms with Gasteiger partial charge in [-0.15, -0.1) is 11.3 Å². The van der Waals surface area contributed by atoms with Crippen LogP contribution in [0.4, 0.5) is 5.13 Å². The van der Waals surface area contributed by atoms with Gasteiger partial charge in [0.15, 0.2) is 10.8 Å². The molecule has 1 aromatic heterocycles. The molecule has 19 heavy (non-hydrogen) atoms. The van der Waals surface area contributed by atoms with Gasteiger partial charge in [0, 0.05) is 18.5 Å². The van der Waals surface area contributed by atoms with E-state index in [2.05, 4.69) is 21.8 Å². The third-order valence-electron chi connectivity index (χ3n) is 3.68. The SMILES string of the molecule is Cc1sc(N(C)CC2CCN(C)CC2)nc1C(=O)O. The Bertz CT molecular complexity index is 453. The molecule has 0 aromatic carbocycles. The molecular formula is C13H21N3O2S. The molecule has 0 amide bonds. The van der Waals surface area contributed by atoms with Crippen LogP contribution in [0.15, 0.2) is 0 Å². The van der Waals surface area contributed by atoms with Crippen LogP contribution >= 0.6 is 11.3 Å². The topological polar surface area (TPSA) is 56.7 Å². The first-order valence-electron chi connectivity index (χ1n) is 6.57. The summed E-state index contributed by atoms with van der Waals surface area (Å²) in [6.45, 7) is 5.07. The maximum Gasteiger partial charge on any atom is 0.355 e. The number of likely N-dealkylation sites (tertiary alicyclic amines) is 1. The number of thiazole rings is 1. The molecule has 0 aliphatic carbocycles. The molecule has 1 aliphatic heterocycles. The summed E-state index contributed by atoms with van der Waals surface area (Å²) in [6, 6.07) is 0. The van der Waals surface area contributed by atoms with Crippen molar-refractivity contribution in [2.45, 2.75) is 19.8 Å². The molecular weight excluding hydrogens is 262 g/mol. The second kappa shape index (κ2) is 5.88. The lowest BCUT2D eigenvalue weighted by atomic mass is 9.97. The van der Waals surface area contributed by atoms with E-state index in [1.165, 1.54) is 24.2 Å². The van der Waals surface area contributed by atoms with Gasteiger partial charge < -0.3 is 14.9 Å². The van der Waals surface area contributed by atoms with Gasteiger partial charge in [0.25, 0.3) is 0 Å². The number of aromatic carboxylic acids is 1. The molecule has 0 spiro atoms. The molecule has 0 unspecified atom stereocenters. The minimum atomic E-state index is -0.937. The van der Waals surface area contributed by atoms with E-state index in [1.807, 2.05) is 14.0 Å². The summed E-state index contributed by atoms with van der Waals surface area (Å²) in [5.74, 6) is -0.258. The quantitative estimate of drug-likeness (QED) is 0.915. The Morgan fingerprint density at radius 3 is 2.68 bits per heavy atom. The molecule has 0 saturated carbocycles. The van der Waals surface area contributed by atoms with Crippen LogP contribution in [-0.4, -0.2) is 54.7 Å². The number of carboxylic acid groups (broad SMARTS) is 1. The molecule has 2 rings (SSSR count). The number of anilines is 1. The maximum atomic E-state index is 11.0. The van der Waals surface area contributed by atoms with Gasteiger partial charge in [0.05, 0.1) is 0 Å². The largest absolute Gasteiger partial charge is 0.476 e. The minimum Gasteiger partial charge on any atom is -0.476 e. The van der Waals surface area contributed by atoms with Crippen LogP contribution in [0.1, 0.15) is 28.2 Å². The number of hydrogen-bond acceptors (Lipinski definition) is 5. The Hall–Kier alpha value is -1.14. The Balaban J connectivity index is 1.98. The summed E-state index contributed by atoms with van der Waals surface area (Å²) in [6.07, 6.45) is 2.41. The zero-order valence-electron chi connectivity index (χ0n) is 11.7. The smallest absolute Gasteiger partial charge is 0.355 e. The fraction of sp³-hybridized carbons (Fsp3) is 0.692. The number of aryl methyl sites for hydroxylation is 1. The first-order chi connectivity index (χ1) is 8.97. The van der Waals surface area contributed by atoms with Gasteiger partial charge in [-0.2, -0.15) is 0 Å². The summed E-state index contributed by atoms with van der Waals surface area (Å²) in [5.41, 5.74) is 0.190. The maximum absolute atomic E-state index is 11.0. The highest BCUT2D eigenvalue weighted by atomic mass is 32.1. The van der Waals surface area contributed by atoms with Crippen LogP contribution in [0.2, 0.25) is 0 Å². The molecule has 0 bridgehead atoms. The summed E-state index contributed by atoms with van der Waals surface area (Å²) in [5, 5.41) is 9.85. The van der Waals surface area contributed by atoms with Crippen molar-refractivity contribution in [3.63, 3.8) is 0 Å². The molecule has 1 aliphatic rings. The lowest BCUT2D eigenvalue weighted by Gasteiger charge is -2.31. The van der Waals surface area contributed by atoms with Crippen molar-refractivity contribution in [2.24, 2.45) is 5.92 Å². The fourth-order valence-corrected chi connectivity index (χ4v) is 3.32. The molecule has 106 valence electrons. The monoisotopic (exact) mass is 283 g/mol. The Kier molecular flexibility index (Phi) is 4.42. The second-order valence-corrected chi connectivity index (χ2v) is 6.52. The Labute approximate surface area is 117 Å². The van der Waals surface area contributed by atoms with E-state index in [1.54, 1.807) is 0 Å². The van der Waals surface area contributed by atoms with Crippen LogP contribution in [0.5, 0.6) is 0 Å². The summed E-state index contributed by atoms with van der Waals surface area (Å²) >= 11 is 1.46. The highest BCUT2D eigenvalue weighted by Gasteiger charge is 2.21. The Morgan fingerprint density at radius 2 is 2.16 bits per heavy atom. The highest BCUT2D eigenvalue weighted by Crippen LogP contribution is 2.27. The summed E-state index contributed by atoms with van der Waals surface area (Å²) in [7, 11) is 4.16. The number of carboxylic acids is 1. The van der Waals surface area contributed by atoms with Crippen LogP contribution in [0, 0.1) is 12.8 Å². The predicted octanol–water partition coefficient (Wildman–Crippen LogP) is 1.93. The summed E-state index contributed by atoms with van der Waals surface area (Å²) in [4.78, 5) is 20.5. The van der Waals surface area contributed by atoms with Crippen molar-refractivity contribution in [1.29, 1.82) is 0 Å². The first kappa shape index (κ1) is 14.3. The number of aromatic nitrogens is 1. The second-order valence-electron chi connectivity index (χ2n) is 5.33. The van der Waals surface area contributed by atoms with E-state index in [4.69, 9.17) is 5.11 Å². The molecule has 0 radical (unpaired) electrons. The average Bonchev–Trinajstić information content (AvgIpc) is 2.74. The number of carbonyl (C=O) groups is 1. The summed E-state index contributed by atoms with van der Waals surface area (Å²) < 4.78 is 0. The van der Waals surface area contributed by atoms with E-state index < -0.39 is 5.97 Å². The van der Waals surface area contributed by atoms with Crippen LogP contribution < -0.4 is 4.90 Å². The van der Waals surface area contributed by atoms with E-state index in [9.17, 15) is 4.79 Å². The number of rotatable bonds is 4. The minimum absolute atomic E-state index is 0.190. The van der Waals surface area contributed by atoms with Gasteiger partial charge in [-0.3, -0.25) is 0 Å². The lowest BCUT2D eigenvalue weighted by Crippen LogP contribution is -2.35. The molecule has 2 heterocycles. The molecule has 1 fully saturated rings. The van der Waals surface area contributed by atoms with Crippen molar-refractivity contribution in [2.75, 3.05) is 38.6 Å². The van der Waals surface area contributed by atoms with Crippen molar-refractivity contribution in [3.05, 3.63) is 10.6 Å². The zero-order valence-corrected chi connectivity index (χ0v) is 12.5. The zero-order chi connectivity index (χ0) is 14.0. The molecule has 1 aromatic rings. The standard InChI is InChI=1S/C13H21N3O2S/c1-9-11(12(17)18)14-13(19-9)16(3)8-10-4-6-15(2)7-5-10/h10H,4-8H2,1-3H3,(H,17,18). The van der Waals surface area contributed by atoms with Crippen LogP contribution in [0.25, 0.3) is 0 Å². The van der Waals surface area contributed by atoms with E-state index >= 15 is 0 Å². The van der Waals surface area contributed by atoms with Crippen LogP contribution in [0.3, 0.4) is 0 Å². The molecule has 1 N–H and O–H groups in total. The van der Waals surface area contributed by atoms with Crippen molar-refractivity contribution in [3.8, 4) is 0 Å². The lowest BCUT2D eigenvalue weighted by molar-refractivity contribution is 0.0690. The van der Waals surface area contributed by atoms with Crippen molar-refractivity contribution < 1.29 is 9.90 Å². The van der Waals surface area contributed by atoms with E-state index in [-0.39, 0.29) is 5.69 Å². The van der Waals surface area contributed by atoms with E-state index in [0.717, 1.165) is 29.6 Å². The number of piperidine rings is 1. The normalized spacial score (nSPS) is 17.6. The predicted molar refractivity (Wildman–Crippen MR) is 77.3 cm³/mol.